The average molecular weight is 205 g/mol. The number of ether oxygens (including phenoxy) is 1. The van der Waals surface area contributed by atoms with E-state index in [4.69, 9.17) is 10.5 Å². The summed E-state index contributed by atoms with van der Waals surface area (Å²) in [6.45, 7) is 0. The minimum absolute atomic E-state index is 0.108. The third-order valence-electron chi connectivity index (χ3n) is 1.70. The molecule has 0 amide bonds. The van der Waals surface area contributed by atoms with E-state index >= 15 is 0 Å². The van der Waals surface area contributed by atoms with Crippen LogP contribution in [0.15, 0.2) is 36.7 Å². The SMILES string of the molecule is Nc1cnc(Oc2ccccc2F)cn1. The summed E-state index contributed by atoms with van der Waals surface area (Å²) >= 11 is 0. The highest BCUT2D eigenvalue weighted by molar-refractivity contribution is 5.30. The molecule has 0 spiro atoms. The van der Waals surface area contributed by atoms with E-state index in [0.29, 0.717) is 0 Å². The van der Waals surface area contributed by atoms with Gasteiger partial charge in [0.15, 0.2) is 11.6 Å². The first-order valence-electron chi connectivity index (χ1n) is 4.25. The van der Waals surface area contributed by atoms with Gasteiger partial charge in [-0.25, -0.2) is 14.4 Å². The van der Waals surface area contributed by atoms with E-state index in [1.54, 1.807) is 12.1 Å². The number of aromatic nitrogens is 2. The second-order valence-corrected chi connectivity index (χ2v) is 2.81. The molecule has 0 unspecified atom stereocenters. The summed E-state index contributed by atoms with van der Waals surface area (Å²) in [6, 6.07) is 6.06. The van der Waals surface area contributed by atoms with Gasteiger partial charge in [0.2, 0.25) is 5.88 Å². The molecule has 0 saturated heterocycles. The lowest BCUT2D eigenvalue weighted by Crippen LogP contribution is -1.94. The van der Waals surface area contributed by atoms with Crippen LogP contribution in [0.2, 0.25) is 0 Å². The Morgan fingerprint density at radius 2 is 1.93 bits per heavy atom. The van der Waals surface area contributed by atoms with E-state index < -0.39 is 5.82 Å². The number of nitrogen functional groups attached to an aromatic ring is 1. The minimum Gasteiger partial charge on any atom is -0.434 e. The minimum atomic E-state index is -0.448. The summed E-state index contributed by atoms with van der Waals surface area (Å²) in [6.07, 6.45) is 2.68. The van der Waals surface area contributed by atoms with Crippen LogP contribution in [0.5, 0.6) is 11.6 Å². The van der Waals surface area contributed by atoms with Crippen LogP contribution in [-0.2, 0) is 0 Å². The molecule has 0 aliphatic rings. The van der Waals surface area contributed by atoms with Gasteiger partial charge >= 0.3 is 0 Å². The van der Waals surface area contributed by atoms with Crippen LogP contribution in [-0.4, -0.2) is 9.97 Å². The van der Waals surface area contributed by atoms with Crippen LogP contribution in [0, 0.1) is 5.82 Å². The Balaban J connectivity index is 2.22. The quantitative estimate of drug-likeness (QED) is 0.814. The van der Waals surface area contributed by atoms with Crippen molar-refractivity contribution in [2.75, 3.05) is 5.73 Å². The molecular formula is C10H8FN3O. The largest absolute Gasteiger partial charge is 0.434 e. The molecule has 4 nitrogen and oxygen atoms in total. The number of rotatable bonds is 2. The standard InChI is InChI=1S/C10H8FN3O/c11-7-3-1-2-4-8(7)15-10-6-13-9(12)5-14-10/h1-6H,(H2,12,13). The number of anilines is 1. The van der Waals surface area contributed by atoms with Gasteiger partial charge in [-0.05, 0) is 12.1 Å². The Hall–Kier alpha value is -2.17. The third-order valence-corrected chi connectivity index (χ3v) is 1.70. The molecule has 5 heteroatoms. The van der Waals surface area contributed by atoms with Gasteiger partial charge < -0.3 is 10.5 Å². The number of nitrogens with two attached hydrogens (primary N) is 1. The summed E-state index contributed by atoms with van der Waals surface area (Å²) < 4.78 is 18.3. The molecule has 1 aromatic heterocycles. The molecule has 0 aliphatic heterocycles. The maximum Gasteiger partial charge on any atom is 0.238 e. The van der Waals surface area contributed by atoms with Crippen molar-refractivity contribution in [3.63, 3.8) is 0 Å². The van der Waals surface area contributed by atoms with Crippen molar-refractivity contribution in [3.05, 3.63) is 42.5 Å². The van der Waals surface area contributed by atoms with Crippen LogP contribution in [0.25, 0.3) is 0 Å². The van der Waals surface area contributed by atoms with E-state index in [1.807, 2.05) is 0 Å². The summed E-state index contributed by atoms with van der Waals surface area (Å²) in [4.78, 5) is 7.61. The average Bonchev–Trinajstić information content (AvgIpc) is 2.25. The lowest BCUT2D eigenvalue weighted by Gasteiger charge is -2.04. The first-order chi connectivity index (χ1) is 7.25. The second-order valence-electron chi connectivity index (χ2n) is 2.81. The molecule has 0 radical (unpaired) electrons. The molecule has 1 aromatic carbocycles. The van der Waals surface area contributed by atoms with Crippen LogP contribution in [0.4, 0.5) is 10.2 Å². The monoisotopic (exact) mass is 205 g/mol. The van der Waals surface area contributed by atoms with Gasteiger partial charge in [0, 0.05) is 0 Å². The first-order valence-corrected chi connectivity index (χ1v) is 4.25. The van der Waals surface area contributed by atoms with Gasteiger partial charge in [-0.15, -0.1) is 0 Å². The zero-order valence-electron chi connectivity index (χ0n) is 7.72. The van der Waals surface area contributed by atoms with Crippen molar-refractivity contribution in [3.8, 4) is 11.6 Å². The zero-order valence-corrected chi connectivity index (χ0v) is 7.72. The molecule has 0 fully saturated rings. The number of hydrogen-bond donors (Lipinski definition) is 1. The fourth-order valence-corrected chi connectivity index (χ4v) is 1.02. The Labute approximate surface area is 85.5 Å². The Bertz CT molecular complexity index is 458. The summed E-state index contributed by atoms with van der Waals surface area (Å²) in [5.74, 6) is 0.151. The van der Waals surface area contributed by atoms with Crippen LogP contribution in [0.1, 0.15) is 0 Å². The van der Waals surface area contributed by atoms with Crippen LogP contribution >= 0.6 is 0 Å². The first kappa shape index (κ1) is 9.39. The molecule has 76 valence electrons. The Morgan fingerprint density at radius 1 is 1.13 bits per heavy atom. The van der Waals surface area contributed by atoms with Gasteiger partial charge in [-0.3, -0.25) is 0 Å². The van der Waals surface area contributed by atoms with Gasteiger partial charge in [0.25, 0.3) is 0 Å². The molecule has 15 heavy (non-hydrogen) atoms. The summed E-state index contributed by atoms with van der Waals surface area (Å²) in [7, 11) is 0. The summed E-state index contributed by atoms with van der Waals surface area (Å²) in [5, 5.41) is 0. The molecule has 0 saturated carbocycles. The molecule has 0 atom stereocenters. The lowest BCUT2D eigenvalue weighted by molar-refractivity contribution is 0.425. The highest BCUT2D eigenvalue weighted by Gasteiger charge is 2.03. The highest BCUT2D eigenvalue weighted by atomic mass is 19.1. The van der Waals surface area contributed by atoms with Gasteiger partial charge in [0.05, 0.1) is 12.4 Å². The normalized spacial score (nSPS) is 9.93. The van der Waals surface area contributed by atoms with E-state index in [-0.39, 0.29) is 17.4 Å². The fourth-order valence-electron chi connectivity index (χ4n) is 1.02. The van der Waals surface area contributed by atoms with E-state index in [2.05, 4.69) is 9.97 Å². The van der Waals surface area contributed by atoms with E-state index in [0.717, 1.165) is 0 Å². The smallest absolute Gasteiger partial charge is 0.238 e. The number of halogens is 1. The topological polar surface area (TPSA) is 61.0 Å². The van der Waals surface area contributed by atoms with Crippen molar-refractivity contribution in [1.29, 1.82) is 0 Å². The molecule has 2 N–H and O–H groups in total. The van der Waals surface area contributed by atoms with Crippen LogP contribution < -0.4 is 10.5 Å². The van der Waals surface area contributed by atoms with Gasteiger partial charge in [-0.2, -0.15) is 0 Å². The third kappa shape index (κ3) is 2.19. The lowest BCUT2D eigenvalue weighted by atomic mass is 10.3. The van der Waals surface area contributed by atoms with Crippen LogP contribution in [0.3, 0.4) is 0 Å². The zero-order chi connectivity index (χ0) is 10.7. The maximum absolute atomic E-state index is 13.2. The Kier molecular flexibility index (Phi) is 2.45. The molecule has 2 rings (SSSR count). The number of hydrogen-bond acceptors (Lipinski definition) is 4. The predicted molar refractivity (Wildman–Crippen MR) is 52.9 cm³/mol. The number of para-hydroxylation sites is 1. The molecular weight excluding hydrogens is 197 g/mol. The van der Waals surface area contributed by atoms with Gasteiger partial charge in [0.1, 0.15) is 5.82 Å². The van der Waals surface area contributed by atoms with Crippen molar-refractivity contribution >= 4 is 5.82 Å². The van der Waals surface area contributed by atoms with E-state index in [1.165, 1.54) is 24.5 Å². The highest BCUT2D eigenvalue weighted by Crippen LogP contribution is 2.21. The van der Waals surface area contributed by atoms with Crippen molar-refractivity contribution in [1.82, 2.24) is 9.97 Å². The van der Waals surface area contributed by atoms with Crippen molar-refractivity contribution < 1.29 is 9.13 Å². The van der Waals surface area contributed by atoms with Crippen molar-refractivity contribution in [2.45, 2.75) is 0 Å². The summed E-state index contributed by atoms with van der Waals surface area (Å²) in [5.41, 5.74) is 5.35. The molecule has 2 aromatic rings. The van der Waals surface area contributed by atoms with E-state index in [9.17, 15) is 4.39 Å². The predicted octanol–water partition coefficient (Wildman–Crippen LogP) is 1.99. The number of benzene rings is 1. The van der Waals surface area contributed by atoms with Crippen molar-refractivity contribution in [2.24, 2.45) is 0 Å². The molecule has 0 aliphatic carbocycles. The number of nitrogens with zero attached hydrogens (tertiary/aromatic N) is 2. The molecule has 0 bridgehead atoms. The fraction of sp³-hybridized carbons (Fsp3) is 0. The second kappa shape index (κ2) is 3.91. The van der Waals surface area contributed by atoms with Gasteiger partial charge in [-0.1, -0.05) is 12.1 Å². The Morgan fingerprint density at radius 3 is 2.60 bits per heavy atom. The maximum atomic E-state index is 13.2. The molecule has 1 heterocycles.